The van der Waals surface area contributed by atoms with Crippen LogP contribution in [0.4, 0.5) is 0 Å². The molecule has 5 heteroatoms. The second-order valence-corrected chi connectivity index (χ2v) is 4.97. The second-order valence-electron chi connectivity index (χ2n) is 4.97. The van der Waals surface area contributed by atoms with Crippen LogP contribution in [0.5, 0.6) is 11.5 Å². The molecule has 0 saturated carbocycles. The first kappa shape index (κ1) is 14.7. The summed E-state index contributed by atoms with van der Waals surface area (Å²) in [4.78, 5) is 11.8. The Morgan fingerprint density at radius 1 is 1.35 bits per heavy atom. The van der Waals surface area contributed by atoms with Gasteiger partial charge in [0.2, 0.25) is 5.91 Å². The van der Waals surface area contributed by atoms with E-state index in [2.05, 4.69) is 5.32 Å². The van der Waals surface area contributed by atoms with Crippen LogP contribution in [0.25, 0.3) is 0 Å². The first-order valence-electron chi connectivity index (χ1n) is 7.08. The van der Waals surface area contributed by atoms with E-state index in [0.29, 0.717) is 32.7 Å². The molecule has 1 heterocycles. The van der Waals surface area contributed by atoms with Crippen LogP contribution in [0.3, 0.4) is 0 Å². The molecule has 1 atom stereocenters. The third kappa shape index (κ3) is 3.87. The summed E-state index contributed by atoms with van der Waals surface area (Å²) in [6, 6.07) is 5.73. The van der Waals surface area contributed by atoms with Gasteiger partial charge in [-0.2, -0.15) is 0 Å². The molecule has 1 unspecified atom stereocenters. The SMILES string of the molecule is CCC(CN)CC(=O)NCc1ccc2c(c1)OCCO2. The Bertz CT molecular complexity index is 458. The van der Waals surface area contributed by atoms with Crippen LogP contribution in [0.1, 0.15) is 25.3 Å². The monoisotopic (exact) mass is 278 g/mol. The fourth-order valence-electron chi connectivity index (χ4n) is 2.13. The molecular formula is C15H22N2O3. The van der Waals surface area contributed by atoms with Crippen LogP contribution in [0.15, 0.2) is 18.2 Å². The first-order chi connectivity index (χ1) is 9.72. The van der Waals surface area contributed by atoms with Crippen molar-refractivity contribution < 1.29 is 14.3 Å². The highest BCUT2D eigenvalue weighted by atomic mass is 16.6. The fourth-order valence-corrected chi connectivity index (χ4v) is 2.13. The molecule has 20 heavy (non-hydrogen) atoms. The summed E-state index contributed by atoms with van der Waals surface area (Å²) < 4.78 is 11.0. The summed E-state index contributed by atoms with van der Waals surface area (Å²) >= 11 is 0. The molecule has 0 radical (unpaired) electrons. The quantitative estimate of drug-likeness (QED) is 0.826. The van der Waals surface area contributed by atoms with E-state index in [0.717, 1.165) is 23.5 Å². The lowest BCUT2D eigenvalue weighted by Gasteiger charge is -2.19. The number of carbonyl (C=O) groups excluding carboxylic acids is 1. The molecule has 0 aromatic heterocycles. The molecule has 0 bridgehead atoms. The van der Waals surface area contributed by atoms with E-state index in [9.17, 15) is 4.79 Å². The minimum atomic E-state index is 0.0391. The van der Waals surface area contributed by atoms with Gasteiger partial charge in [0.05, 0.1) is 0 Å². The van der Waals surface area contributed by atoms with Crippen molar-refractivity contribution in [3.8, 4) is 11.5 Å². The molecule has 0 saturated heterocycles. The number of carbonyl (C=O) groups is 1. The third-order valence-corrected chi connectivity index (χ3v) is 3.48. The second kappa shape index (κ2) is 7.14. The zero-order valence-corrected chi connectivity index (χ0v) is 11.9. The molecule has 3 N–H and O–H groups in total. The van der Waals surface area contributed by atoms with Crippen molar-refractivity contribution >= 4 is 5.91 Å². The lowest BCUT2D eigenvalue weighted by molar-refractivity contribution is -0.122. The summed E-state index contributed by atoms with van der Waals surface area (Å²) in [5, 5.41) is 2.91. The predicted molar refractivity (Wildman–Crippen MR) is 76.7 cm³/mol. The van der Waals surface area contributed by atoms with E-state index < -0.39 is 0 Å². The van der Waals surface area contributed by atoms with Gasteiger partial charge in [-0.3, -0.25) is 4.79 Å². The largest absolute Gasteiger partial charge is 0.486 e. The summed E-state index contributed by atoms with van der Waals surface area (Å²) in [6.07, 6.45) is 1.41. The van der Waals surface area contributed by atoms with Crippen molar-refractivity contribution in [1.29, 1.82) is 0 Å². The van der Waals surface area contributed by atoms with Gasteiger partial charge in [0.15, 0.2) is 11.5 Å². The number of amides is 1. The van der Waals surface area contributed by atoms with Gasteiger partial charge in [-0.25, -0.2) is 0 Å². The van der Waals surface area contributed by atoms with E-state index in [1.54, 1.807) is 0 Å². The van der Waals surface area contributed by atoms with Crippen molar-refractivity contribution in [2.24, 2.45) is 11.7 Å². The summed E-state index contributed by atoms with van der Waals surface area (Å²) in [7, 11) is 0. The van der Waals surface area contributed by atoms with E-state index in [-0.39, 0.29) is 11.8 Å². The first-order valence-corrected chi connectivity index (χ1v) is 7.08. The number of fused-ring (bicyclic) bond motifs is 1. The van der Waals surface area contributed by atoms with Gasteiger partial charge < -0.3 is 20.5 Å². The molecule has 0 fully saturated rings. The van der Waals surface area contributed by atoms with E-state index >= 15 is 0 Å². The van der Waals surface area contributed by atoms with E-state index in [1.807, 2.05) is 25.1 Å². The maximum atomic E-state index is 11.8. The van der Waals surface area contributed by atoms with Crippen LogP contribution in [0.2, 0.25) is 0 Å². The maximum absolute atomic E-state index is 11.8. The van der Waals surface area contributed by atoms with Crippen LogP contribution < -0.4 is 20.5 Å². The highest BCUT2D eigenvalue weighted by Crippen LogP contribution is 2.30. The van der Waals surface area contributed by atoms with E-state index in [1.165, 1.54) is 0 Å². The Labute approximate surface area is 119 Å². The number of nitrogens with one attached hydrogen (secondary N) is 1. The lowest BCUT2D eigenvalue weighted by atomic mass is 10.0. The third-order valence-electron chi connectivity index (χ3n) is 3.48. The molecule has 1 amide bonds. The summed E-state index contributed by atoms with van der Waals surface area (Å²) in [5.74, 6) is 1.81. The Kier molecular flexibility index (Phi) is 5.24. The van der Waals surface area contributed by atoms with Crippen molar-refractivity contribution in [1.82, 2.24) is 5.32 Å². The fraction of sp³-hybridized carbons (Fsp3) is 0.533. The minimum Gasteiger partial charge on any atom is -0.486 e. The van der Waals surface area contributed by atoms with Crippen molar-refractivity contribution in [3.63, 3.8) is 0 Å². The van der Waals surface area contributed by atoms with Gasteiger partial charge in [-0.1, -0.05) is 19.4 Å². The van der Waals surface area contributed by atoms with Gasteiger partial charge in [-0.05, 0) is 30.2 Å². The Balaban J connectivity index is 1.86. The predicted octanol–water partition coefficient (Wildman–Crippen LogP) is 1.45. The zero-order valence-electron chi connectivity index (χ0n) is 11.9. The average molecular weight is 278 g/mol. The van der Waals surface area contributed by atoms with Crippen LogP contribution >= 0.6 is 0 Å². The van der Waals surface area contributed by atoms with Gasteiger partial charge >= 0.3 is 0 Å². The molecule has 1 aromatic carbocycles. The average Bonchev–Trinajstić information content (AvgIpc) is 2.50. The zero-order chi connectivity index (χ0) is 14.4. The smallest absolute Gasteiger partial charge is 0.220 e. The Morgan fingerprint density at radius 3 is 2.80 bits per heavy atom. The molecule has 1 aromatic rings. The molecule has 1 aliphatic rings. The highest BCUT2D eigenvalue weighted by molar-refractivity contribution is 5.76. The van der Waals surface area contributed by atoms with Gasteiger partial charge in [0, 0.05) is 13.0 Å². The normalized spacial score (nSPS) is 14.7. The lowest BCUT2D eigenvalue weighted by Crippen LogP contribution is -2.27. The van der Waals surface area contributed by atoms with Crippen molar-refractivity contribution in [2.45, 2.75) is 26.3 Å². The van der Waals surface area contributed by atoms with Crippen LogP contribution in [-0.4, -0.2) is 25.7 Å². The van der Waals surface area contributed by atoms with Crippen molar-refractivity contribution in [2.75, 3.05) is 19.8 Å². The molecule has 1 aliphatic heterocycles. The standard InChI is InChI=1S/C15H22N2O3/c1-2-11(9-16)8-15(18)17-10-12-3-4-13-14(7-12)20-6-5-19-13/h3-4,7,11H,2,5-6,8-10,16H2,1H3,(H,17,18). The number of ether oxygens (including phenoxy) is 2. The van der Waals surface area contributed by atoms with Gasteiger partial charge in [-0.15, -0.1) is 0 Å². The molecule has 0 aliphatic carbocycles. The number of hydrogen-bond acceptors (Lipinski definition) is 4. The maximum Gasteiger partial charge on any atom is 0.220 e. The van der Waals surface area contributed by atoms with E-state index in [4.69, 9.17) is 15.2 Å². The van der Waals surface area contributed by atoms with Crippen LogP contribution in [0, 0.1) is 5.92 Å². The van der Waals surface area contributed by atoms with Crippen molar-refractivity contribution in [3.05, 3.63) is 23.8 Å². The Morgan fingerprint density at radius 2 is 2.10 bits per heavy atom. The van der Waals surface area contributed by atoms with Gasteiger partial charge in [0.25, 0.3) is 0 Å². The van der Waals surface area contributed by atoms with Crippen LogP contribution in [-0.2, 0) is 11.3 Å². The molecular weight excluding hydrogens is 256 g/mol. The topological polar surface area (TPSA) is 73.6 Å². The molecule has 0 spiro atoms. The number of nitrogens with two attached hydrogens (primary N) is 1. The molecule has 110 valence electrons. The number of benzene rings is 1. The molecule has 2 rings (SSSR count). The number of hydrogen-bond donors (Lipinski definition) is 2. The minimum absolute atomic E-state index is 0.0391. The number of rotatable bonds is 6. The van der Waals surface area contributed by atoms with Gasteiger partial charge in [0.1, 0.15) is 13.2 Å². The highest BCUT2D eigenvalue weighted by Gasteiger charge is 2.13. The summed E-state index contributed by atoms with van der Waals surface area (Å²) in [6.45, 7) is 4.24. The molecule has 5 nitrogen and oxygen atoms in total. The Hall–Kier alpha value is -1.75. The summed E-state index contributed by atoms with van der Waals surface area (Å²) in [5.41, 5.74) is 6.61.